The van der Waals surface area contributed by atoms with Crippen LogP contribution >= 0.6 is 0 Å². The summed E-state index contributed by atoms with van der Waals surface area (Å²) in [5, 5.41) is 2.82. The summed E-state index contributed by atoms with van der Waals surface area (Å²) in [5.74, 6) is 0.664. The Bertz CT molecular complexity index is 582. The predicted octanol–water partition coefficient (Wildman–Crippen LogP) is 1.48. The van der Waals surface area contributed by atoms with Crippen molar-refractivity contribution in [1.82, 2.24) is 15.3 Å². The van der Waals surface area contributed by atoms with Crippen molar-refractivity contribution in [2.24, 2.45) is 0 Å². The first-order valence-corrected chi connectivity index (χ1v) is 5.85. The van der Waals surface area contributed by atoms with Crippen molar-refractivity contribution in [3.63, 3.8) is 0 Å². The summed E-state index contributed by atoms with van der Waals surface area (Å²) in [6, 6.07) is 7.78. The van der Waals surface area contributed by atoms with Crippen molar-refractivity contribution in [3.05, 3.63) is 41.9 Å². The number of imidazole rings is 1. The molecule has 0 aliphatic carbocycles. The molecular weight excluding hydrogens is 230 g/mol. The molecule has 3 rings (SSSR count). The molecule has 18 heavy (non-hydrogen) atoms. The van der Waals surface area contributed by atoms with Crippen LogP contribution in [0.1, 0.15) is 12.2 Å². The number of ether oxygens (including phenoxy) is 1. The van der Waals surface area contributed by atoms with Crippen LogP contribution in [-0.2, 0) is 16.1 Å². The highest BCUT2D eigenvalue weighted by Gasteiger charge is 2.14. The van der Waals surface area contributed by atoms with E-state index in [4.69, 9.17) is 4.74 Å². The Labute approximate surface area is 104 Å². The molecule has 1 aromatic heterocycles. The first-order chi connectivity index (χ1) is 8.83. The molecule has 0 atom stereocenters. The molecule has 0 saturated carbocycles. The summed E-state index contributed by atoms with van der Waals surface area (Å²) < 4.78 is 5.03. The third kappa shape index (κ3) is 2.07. The zero-order valence-corrected chi connectivity index (χ0v) is 9.77. The molecule has 1 aromatic carbocycles. The number of fused-ring (bicyclic) bond motifs is 1. The van der Waals surface area contributed by atoms with Gasteiger partial charge >= 0.3 is 0 Å². The van der Waals surface area contributed by atoms with Gasteiger partial charge in [0.2, 0.25) is 0 Å². The molecule has 0 bridgehead atoms. The number of amides is 1. The fraction of sp³-hybridized carbons (Fsp3) is 0.231. The van der Waals surface area contributed by atoms with Crippen molar-refractivity contribution in [2.75, 3.05) is 6.61 Å². The van der Waals surface area contributed by atoms with Gasteiger partial charge in [-0.05, 0) is 12.1 Å². The number of carbonyl (C=O) groups is 1. The number of benzene rings is 1. The number of carbonyl (C=O) groups excluding carboxylic acids is 1. The minimum absolute atomic E-state index is 0.0899. The molecule has 2 N–H and O–H groups in total. The highest BCUT2D eigenvalue weighted by atomic mass is 16.5. The molecule has 0 unspecified atom stereocenters. The number of aromatic amines is 1. The fourth-order valence-electron chi connectivity index (χ4n) is 1.92. The summed E-state index contributed by atoms with van der Waals surface area (Å²) in [6.45, 7) is 0.984. The molecule has 1 aliphatic rings. The van der Waals surface area contributed by atoms with E-state index in [1.165, 1.54) is 6.26 Å². The lowest BCUT2D eigenvalue weighted by Gasteiger charge is -2.01. The molecule has 0 fully saturated rings. The second-order valence-electron chi connectivity index (χ2n) is 4.15. The van der Waals surface area contributed by atoms with Gasteiger partial charge in [0.1, 0.15) is 5.82 Å². The van der Waals surface area contributed by atoms with Crippen LogP contribution in [0.15, 0.2) is 36.1 Å². The van der Waals surface area contributed by atoms with E-state index >= 15 is 0 Å². The van der Waals surface area contributed by atoms with Gasteiger partial charge in [0.05, 0.1) is 36.0 Å². The average Bonchev–Trinajstić information content (AvgIpc) is 3.04. The average molecular weight is 243 g/mol. The fourth-order valence-corrected chi connectivity index (χ4v) is 1.92. The van der Waals surface area contributed by atoms with Crippen molar-refractivity contribution >= 4 is 16.9 Å². The Kier molecular flexibility index (Phi) is 2.72. The zero-order chi connectivity index (χ0) is 12.4. The van der Waals surface area contributed by atoms with E-state index in [1.807, 2.05) is 24.3 Å². The van der Waals surface area contributed by atoms with Gasteiger partial charge in [-0.2, -0.15) is 0 Å². The SMILES string of the molecule is O=C(NCc1nc2ccccc2[nH]1)C1=COCC1. The predicted molar refractivity (Wildman–Crippen MR) is 66.6 cm³/mol. The molecule has 5 heteroatoms. The second-order valence-corrected chi connectivity index (χ2v) is 4.15. The van der Waals surface area contributed by atoms with Gasteiger partial charge in [-0.3, -0.25) is 4.79 Å². The van der Waals surface area contributed by atoms with Crippen LogP contribution in [-0.4, -0.2) is 22.5 Å². The Balaban J connectivity index is 1.67. The van der Waals surface area contributed by atoms with E-state index in [-0.39, 0.29) is 5.91 Å². The van der Waals surface area contributed by atoms with E-state index in [1.54, 1.807) is 0 Å². The summed E-state index contributed by atoms with van der Waals surface area (Å²) in [7, 11) is 0. The number of aromatic nitrogens is 2. The third-order valence-electron chi connectivity index (χ3n) is 2.86. The van der Waals surface area contributed by atoms with Crippen LogP contribution in [0.5, 0.6) is 0 Å². The summed E-state index contributed by atoms with van der Waals surface area (Å²) in [4.78, 5) is 19.3. The molecule has 0 saturated heterocycles. The molecule has 0 radical (unpaired) electrons. The number of nitrogens with zero attached hydrogens (tertiary/aromatic N) is 1. The molecule has 5 nitrogen and oxygen atoms in total. The quantitative estimate of drug-likeness (QED) is 0.858. The van der Waals surface area contributed by atoms with Crippen LogP contribution in [0.3, 0.4) is 0 Å². The highest BCUT2D eigenvalue weighted by molar-refractivity contribution is 5.93. The standard InChI is InChI=1S/C13H13N3O2/c17-13(9-5-6-18-8-9)14-7-12-15-10-3-1-2-4-11(10)16-12/h1-4,8H,5-7H2,(H,14,17)(H,15,16). The van der Waals surface area contributed by atoms with Gasteiger partial charge in [-0.1, -0.05) is 12.1 Å². The monoisotopic (exact) mass is 243 g/mol. The van der Waals surface area contributed by atoms with Crippen LogP contribution in [0.4, 0.5) is 0 Å². The van der Waals surface area contributed by atoms with Crippen LogP contribution in [0, 0.1) is 0 Å². The van der Waals surface area contributed by atoms with Gasteiger partial charge in [-0.25, -0.2) is 4.98 Å². The van der Waals surface area contributed by atoms with Gasteiger partial charge < -0.3 is 15.0 Å². The Morgan fingerprint density at radius 1 is 1.44 bits per heavy atom. The number of para-hydroxylation sites is 2. The minimum atomic E-state index is -0.0899. The second kappa shape index (κ2) is 4.52. The van der Waals surface area contributed by atoms with E-state index in [0.717, 1.165) is 16.9 Å². The van der Waals surface area contributed by atoms with E-state index in [2.05, 4.69) is 15.3 Å². The normalized spacial score (nSPS) is 14.3. The van der Waals surface area contributed by atoms with E-state index in [9.17, 15) is 4.79 Å². The first kappa shape index (κ1) is 10.8. The van der Waals surface area contributed by atoms with Crippen LogP contribution < -0.4 is 5.32 Å². The number of H-pyrrole nitrogens is 1. The van der Waals surface area contributed by atoms with Gasteiger partial charge in [0.15, 0.2) is 0 Å². The van der Waals surface area contributed by atoms with Crippen molar-refractivity contribution in [1.29, 1.82) is 0 Å². The minimum Gasteiger partial charge on any atom is -0.500 e. The lowest BCUT2D eigenvalue weighted by Crippen LogP contribution is -2.24. The molecular formula is C13H13N3O2. The van der Waals surface area contributed by atoms with Crippen molar-refractivity contribution < 1.29 is 9.53 Å². The maximum atomic E-state index is 11.7. The number of hydrogen-bond acceptors (Lipinski definition) is 3. The van der Waals surface area contributed by atoms with E-state index < -0.39 is 0 Å². The van der Waals surface area contributed by atoms with Gasteiger partial charge in [0.25, 0.3) is 5.91 Å². The lowest BCUT2D eigenvalue weighted by molar-refractivity contribution is -0.117. The van der Waals surface area contributed by atoms with Crippen LogP contribution in [0.2, 0.25) is 0 Å². The Morgan fingerprint density at radius 2 is 2.33 bits per heavy atom. The van der Waals surface area contributed by atoms with Crippen molar-refractivity contribution in [3.8, 4) is 0 Å². The van der Waals surface area contributed by atoms with Gasteiger partial charge in [0, 0.05) is 6.42 Å². The summed E-state index contributed by atoms with van der Waals surface area (Å²) in [5.41, 5.74) is 2.57. The van der Waals surface area contributed by atoms with Gasteiger partial charge in [-0.15, -0.1) is 0 Å². The van der Waals surface area contributed by atoms with Crippen LogP contribution in [0.25, 0.3) is 11.0 Å². The number of hydrogen-bond donors (Lipinski definition) is 2. The smallest absolute Gasteiger partial charge is 0.250 e. The van der Waals surface area contributed by atoms with E-state index in [0.29, 0.717) is 25.1 Å². The molecule has 92 valence electrons. The molecule has 2 aromatic rings. The summed E-state index contributed by atoms with van der Waals surface area (Å²) in [6.07, 6.45) is 2.19. The molecule has 0 spiro atoms. The van der Waals surface area contributed by atoms with Crippen molar-refractivity contribution in [2.45, 2.75) is 13.0 Å². The topological polar surface area (TPSA) is 67.0 Å². The number of rotatable bonds is 3. The molecule has 2 heterocycles. The zero-order valence-electron chi connectivity index (χ0n) is 9.77. The largest absolute Gasteiger partial charge is 0.500 e. The third-order valence-corrected chi connectivity index (χ3v) is 2.86. The summed E-state index contributed by atoms with van der Waals surface area (Å²) >= 11 is 0. The first-order valence-electron chi connectivity index (χ1n) is 5.85. The number of nitrogens with one attached hydrogen (secondary N) is 2. The lowest BCUT2D eigenvalue weighted by atomic mass is 10.2. The maximum absolute atomic E-state index is 11.7. The molecule has 1 aliphatic heterocycles. The maximum Gasteiger partial charge on any atom is 0.250 e. The Hall–Kier alpha value is -2.30. The highest BCUT2D eigenvalue weighted by Crippen LogP contribution is 2.12. The Morgan fingerprint density at radius 3 is 3.11 bits per heavy atom. The molecule has 1 amide bonds.